The van der Waals surface area contributed by atoms with Crippen molar-refractivity contribution in [3.8, 4) is 5.75 Å². The molecule has 0 bridgehead atoms. The first-order valence-electron chi connectivity index (χ1n) is 9.85. The highest BCUT2D eigenvalue weighted by molar-refractivity contribution is 7.99. The van der Waals surface area contributed by atoms with Crippen molar-refractivity contribution in [2.45, 2.75) is 44.2 Å². The van der Waals surface area contributed by atoms with Crippen LogP contribution in [-0.2, 0) is 11.2 Å². The van der Waals surface area contributed by atoms with Crippen LogP contribution >= 0.6 is 11.8 Å². The van der Waals surface area contributed by atoms with E-state index in [0.29, 0.717) is 54.3 Å². The van der Waals surface area contributed by atoms with Crippen molar-refractivity contribution in [2.24, 2.45) is 5.92 Å². The van der Waals surface area contributed by atoms with E-state index in [9.17, 15) is 14.0 Å². The second-order valence-corrected chi connectivity index (χ2v) is 8.84. The number of carbonyl (C=O) groups excluding carboxylic acids is 2. The molecule has 1 aromatic heterocycles. The lowest BCUT2D eigenvalue weighted by molar-refractivity contribution is -0.122. The van der Waals surface area contributed by atoms with Gasteiger partial charge in [-0.1, -0.05) is 13.8 Å². The quantitative estimate of drug-likeness (QED) is 0.661. The Hall–Kier alpha value is -2.41. The van der Waals surface area contributed by atoms with Gasteiger partial charge in [-0.15, -0.1) is 11.8 Å². The first-order valence-corrected chi connectivity index (χ1v) is 10.8. The number of ketones is 1. The zero-order valence-corrected chi connectivity index (χ0v) is 17.3. The minimum atomic E-state index is -0.641. The van der Waals surface area contributed by atoms with E-state index in [1.54, 1.807) is 24.0 Å². The van der Waals surface area contributed by atoms with Gasteiger partial charge in [0, 0.05) is 36.4 Å². The fraction of sp³-hybridized carbons (Fsp3) is 0.409. The Kier molecular flexibility index (Phi) is 5.58. The van der Waals surface area contributed by atoms with Gasteiger partial charge in [-0.05, 0) is 42.2 Å². The molecule has 152 valence electrons. The lowest BCUT2D eigenvalue weighted by atomic mass is 10.1. The highest BCUT2D eigenvalue weighted by Crippen LogP contribution is 2.32. The van der Waals surface area contributed by atoms with Crippen LogP contribution < -0.4 is 9.64 Å². The van der Waals surface area contributed by atoms with Gasteiger partial charge >= 0.3 is 0 Å². The molecule has 1 atom stereocenters. The molecule has 1 aliphatic heterocycles. The summed E-state index contributed by atoms with van der Waals surface area (Å²) in [6.07, 6.45) is 2.24. The van der Waals surface area contributed by atoms with Gasteiger partial charge in [-0.25, -0.2) is 9.37 Å². The third-order valence-corrected chi connectivity index (χ3v) is 6.47. The summed E-state index contributed by atoms with van der Waals surface area (Å²) >= 11 is 1.68. The van der Waals surface area contributed by atoms with E-state index < -0.39 is 11.9 Å². The molecule has 1 amide bonds. The van der Waals surface area contributed by atoms with Gasteiger partial charge in [-0.3, -0.25) is 9.59 Å². The van der Waals surface area contributed by atoms with Gasteiger partial charge in [0.1, 0.15) is 11.6 Å². The Morgan fingerprint density at radius 1 is 1.28 bits per heavy atom. The molecule has 1 unspecified atom stereocenters. The van der Waals surface area contributed by atoms with Gasteiger partial charge in [0.25, 0.3) is 5.91 Å². The predicted octanol–water partition coefficient (Wildman–Crippen LogP) is 4.28. The van der Waals surface area contributed by atoms with Gasteiger partial charge in [-0.2, -0.15) is 0 Å². The maximum Gasteiger partial charge on any atom is 0.268 e. The summed E-state index contributed by atoms with van der Waals surface area (Å²) in [7, 11) is 0. The normalized spacial score (nSPS) is 18.6. The van der Waals surface area contributed by atoms with E-state index in [1.165, 1.54) is 11.0 Å². The minimum absolute atomic E-state index is 0.0679. The standard InChI is InChI=1S/C22H23FN2O3S/c1-13(2)12-29-21-6-3-15(11-24-21)28-20-7-8-25(22(20)27)14-9-17-16(18(23)10-14)4-5-19(17)26/h3,6,9-11,13,20H,4-5,7-8,12H2,1-2H3. The molecule has 0 N–H and O–H groups in total. The molecule has 0 saturated carbocycles. The van der Waals surface area contributed by atoms with Gasteiger partial charge in [0.15, 0.2) is 11.9 Å². The Morgan fingerprint density at radius 2 is 2.10 bits per heavy atom. The molecule has 2 aliphatic rings. The number of hydrogen-bond donors (Lipinski definition) is 0. The number of Topliss-reactive ketones (excluding diaryl/α,β-unsaturated/α-hetero) is 1. The molecular weight excluding hydrogens is 391 g/mol. The number of fused-ring (bicyclic) bond motifs is 1. The summed E-state index contributed by atoms with van der Waals surface area (Å²) in [6.45, 7) is 4.74. The number of ether oxygens (including phenoxy) is 1. The summed E-state index contributed by atoms with van der Waals surface area (Å²) in [5, 5.41) is 0.920. The molecule has 1 saturated heterocycles. The van der Waals surface area contributed by atoms with E-state index in [1.807, 2.05) is 12.1 Å². The lowest BCUT2D eigenvalue weighted by Crippen LogP contribution is -2.32. The molecule has 4 rings (SSSR count). The van der Waals surface area contributed by atoms with Gasteiger partial charge in [0.2, 0.25) is 0 Å². The van der Waals surface area contributed by atoms with Crippen molar-refractivity contribution < 1.29 is 18.7 Å². The third kappa shape index (κ3) is 4.15. The summed E-state index contributed by atoms with van der Waals surface area (Å²) in [5.74, 6) is 1.39. The number of thioether (sulfide) groups is 1. The molecule has 1 fully saturated rings. The van der Waals surface area contributed by atoms with Gasteiger partial charge < -0.3 is 9.64 Å². The predicted molar refractivity (Wildman–Crippen MR) is 110 cm³/mol. The van der Waals surface area contributed by atoms with Crippen molar-refractivity contribution in [1.29, 1.82) is 0 Å². The summed E-state index contributed by atoms with van der Waals surface area (Å²) in [5.41, 5.74) is 1.28. The molecule has 7 heteroatoms. The third-order valence-electron chi connectivity index (χ3n) is 5.10. The van der Waals surface area contributed by atoms with Crippen molar-refractivity contribution in [1.82, 2.24) is 4.98 Å². The minimum Gasteiger partial charge on any atom is -0.479 e. The number of amides is 1. The van der Waals surface area contributed by atoms with E-state index in [2.05, 4.69) is 18.8 Å². The van der Waals surface area contributed by atoms with Crippen LogP contribution in [0, 0.1) is 11.7 Å². The number of hydrogen-bond acceptors (Lipinski definition) is 5. The Labute approximate surface area is 173 Å². The van der Waals surface area contributed by atoms with Crippen molar-refractivity contribution in [3.63, 3.8) is 0 Å². The van der Waals surface area contributed by atoms with Crippen molar-refractivity contribution in [3.05, 3.63) is 47.4 Å². The lowest BCUT2D eigenvalue weighted by Gasteiger charge is -2.18. The zero-order chi connectivity index (χ0) is 20.5. The fourth-order valence-corrected chi connectivity index (χ4v) is 4.41. The number of benzene rings is 1. The molecule has 2 aromatic rings. The number of aromatic nitrogens is 1. The molecule has 1 aromatic carbocycles. The SMILES string of the molecule is CC(C)CSc1ccc(OC2CCN(c3cc(F)c4c(c3)C(=O)CC4)C2=O)cn1. The smallest absolute Gasteiger partial charge is 0.268 e. The monoisotopic (exact) mass is 414 g/mol. The fourth-order valence-electron chi connectivity index (χ4n) is 3.61. The first-order chi connectivity index (χ1) is 13.9. The van der Waals surface area contributed by atoms with Crippen molar-refractivity contribution >= 4 is 29.1 Å². The second kappa shape index (κ2) is 8.14. The van der Waals surface area contributed by atoms with Crippen LogP contribution in [0.2, 0.25) is 0 Å². The van der Waals surface area contributed by atoms with Crippen molar-refractivity contribution in [2.75, 3.05) is 17.2 Å². The largest absolute Gasteiger partial charge is 0.479 e. The van der Waals surface area contributed by atoms with Crippen LogP contribution in [0.15, 0.2) is 35.5 Å². The number of carbonyl (C=O) groups is 2. The highest BCUT2D eigenvalue weighted by Gasteiger charge is 2.36. The maximum atomic E-state index is 14.4. The van der Waals surface area contributed by atoms with Crippen LogP contribution in [0.5, 0.6) is 5.75 Å². The van der Waals surface area contributed by atoms with E-state index >= 15 is 0 Å². The molecule has 0 spiro atoms. The summed E-state index contributed by atoms with van der Waals surface area (Å²) < 4.78 is 20.2. The van der Waals surface area contributed by atoms with E-state index in [0.717, 1.165) is 10.8 Å². The topological polar surface area (TPSA) is 59.5 Å². The Balaban J connectivity index is 1.44. The summed E-state index contributed by atoms with van der Waals surface area (Å²) in [4.78, 5) is 30.7. The molecule has 0 radical (unpaired) electrons. The molecule has 29 heavy (non-hydrogen) atoms. The molecule has 2 heterocycles. The van der Waals surface area contributed by atoms with Crippen LogP contribution in [0.4, 0.5) is 10.1 Å². The van der Waals surface area contributed by atoms with Crippen LogP contribution in [0.25, 0.3) is 0 Å². The number of pyridine rings is 1. The average molecular weight is 415 g/mol. The number of rotatable bonds is 6. The zero-order valence-electron chi connectivity index (χ0n) is 16.5. The summed E-state index contributed by atoms with van der Waals surface area (Å²) in [6, 6.07) is 6.69. The van der Waals surface area contributed by atoms with Crippen LogP contribution in [0.3, 0.4) is 0 Å². The molecular formula is C22H23FN2O3S. The number of nitrogens with zero attached hydrogens (tertiary/aromatic N) is 2. The van der Waals surface area contributed by atoms with Gasteiger partial charge in [0.05, 0.1) is 11.2 Å². The first kappa shape index (κ1) is 19.9. The molecule has 1 aliphatic carbocycles. The maximum absolute atomic E-state index is 14.4. The highest BCUT2D eigenvalue weighted by atomic mass is 32.2. The molecule has 5 nitrogen and oxygen atoms in total. The second-order valence-electron chi connectivity index (χ2n) is 7.80. The average Bonchev–Trinajstić information content (AvgIpc) is 3.25. The Morgan fingerprint density at radius 3 is 2.83 bits per heavy atom. The number of halogens is 1. The van der Waals surface area contributed by atoms with E-state index in [4.69, 9.17) is 4.74 Å². The van der Waals surface area contributed by atoms with E-state index in [-0.39, 0.29) is 11.7 Å². The Bertz CT molecular complexity index is 946. The van der Waals surface area contributed by atoms with Crippen LogP contribution in [0.1, 0.15) is 42.6 Å². The van der Waals surface area contributed by atoms with Crippen LogP contribution in [-0.4, -0.2) is 35.1 Å². The number of anilines is 1.